The quantitative estimate of drug-likeness (QED) is 0.743. The number of aliphatic hydroxyl groups excluding tert-OH is 1. The number of hydrogen-bond donors (Lipinski definition) is 3. The predicted octanol–water partition coefficient (Wildman–Crippen LogP) is 2.82. The molecule has 7 heteroatoms. The maximum Gasteiger partial charge on any atom is 0.225 e. The van der Waals surface area contributed by atoms with Crippen LogP contribution in [0.15, 0.2) is 6.20 Å². The summed E-state index contributed by atoms with van der Waals surface area (Å²) < 4.78 is 5.45. The van der Waals surface area contributed by atoms with Gasteiger partial charge in [0.25, 0.3) is 0 Å². The Labute approximate surface area is 155 Å². The van der Waals surface area contributed by atoms with Crippen LogP contribution >= 0.6 is 0 Å². The summed E-state index contributed by atoms with van der Waals surface area (Å²) in [4.78, 5) is 8.90. The van der Waals surface area contributed by atoms with Crippen LogP contribution in [0.5, 0.6) is 0 Å². The van der Waals surface area contributed by atoms with Crippen molar-refractivity contribution in [3.63, 3.8) is 0 Å². The number of aromatic nitrogens is 2. The van der Waals surface area contributed by atoms with E-state index in [1.54, 1.807) is 13.3 Å². The van der Waals surface area contributed by atoms with Crippen molar-refractivity contribution in [3.8, 4) is 6.07 Å². The lowest BCUT2D eigenvalue weighted by atomic mass is 9.82. The van der Waals surface area contributed by atoms with Gasteiger partial charge in [-0.15, -0.1) is 0 Å². The maximum atomic E-state index is 9.87. The zero-order chi connectivity index (χ0) is 18.6. The monoisotopic (exact) mass is 359 g/mol. The maximum absolute atomic E-state index is 9.87. The number of ether oxygens (including phenoxy) is 1. The van der Waals surface area contributed by atoms with Crippen LogP contribution in [0.25, 0.3) is 0 Å². The highest BCUT2D eigenvalue weighted by Gasteiger charge is 2.32. The van der Waals surface area contributed by atoms with E-state index in [4.69, 9.17) is 4.74 Å². The van der Waals surface area contributed by atoms with Crippen LogP contribution in [0.2, 0.25) is 0 Å². The molecular formula is C19H29N5O2. The minimum atomic E-state index is -0.277. The molecule has 0 saturated heterocycles. The van der Waals surface area contributed by atoms with Gasteiger partial charge in [-0.05, 0) is 58.3 Å². The molecule has 2 unspecified atom stereocenters. The van der Waals surface area contributed by atoms with Gasteiger partial charge >= 0.3 is 0 Å². The summed E-state index contributed by atoms with van der Waals surface area (Å²) in [5.74, 6) is 1.10. The Bertz CT molecular complexity index is 652. The van der Waals surface area contributed by atoms with Gasteiger partial charge in [-0.25, -0.2) is 4.98 Å². The summed E-state index contributed by atoms with van der Waals surface area (Å²) in [6, 6.07) is 2.30. The molecule has 2 saturated carbocycles. The van der Waals surface area contributed by atoms with Crippen molar-refractivity contribution >= 4 is 11.8 Å². The van der Waals surface area contributed by atoms with E-state index in [1.807, 2.05) is 0 Å². The zero-order valence-corrected chi connectivity index (χ0v) is 15.7. The first-order valence-corrected chi connectivity index (χ1v) is 9.54. The van der Waals surface area contributed by atoms with Gasteiger partial charge in [0.15, 0.2) is 0 Å². The first-order chi connectivity index (χ1) is 12.5. The minimum Gasteiger partial charge on any atom is -0.393 e. The second-order valence-corrected chi connectivity index (χ2v) is 7.85. The molecule has 2 aliphatic carbocycles. The van der Waals surface area contributed by atoms with Gasteiger partial charge in [-0.3, -0.25) is 0 Å². The van der Waals surface area contributed by atoms with Gasteiger partial charge in [-0.1, -0.05) is 0 Å². The molecule has 1 aromatic heterocycles. The molecule has 3 rings (SSSR count). The molecular weight excluding hydrogens is 330 g/mol. The van der Waals surface area contributed by atoms with Crippen LogP contribution in [0.3, 0.4) is 0 Å². The van der Waals surface area contributed by atoms with Crippen LogP contribution < -0.4 is 10.6 Å². The third-order valence-electron chi connectivity index (χ3n) is 5.68. The molecule has 142 valence electrons. The lowest BCUT2D eigenvalue weighted by molar-refractivity contribution is 0.0563. The Morgan fingerprint density at radius 1 is 1.31 bits per heavy atom. The van der Waals surface area contributed by atoms with Crippen LogP contribution in [0, 0.1) is 11.3 Å². The summed E-state index contributed by atoms with van der Waals surface area (Å²) >= 11 is 0. The van der Waals surface area contributed by atoms with E-state index in [0.717, 1.165) is 44.9 Å². The fourth-order valence-electron chi connectivity index (χ4n) is 3.98. The molecule has 3 N–H and O–H groups in total. The Balaban J connectivity index is 1.70. The number of aliphatic hydroxyl groups is 1. The Kier molecular flexibility index (Phi) is 5.94. The molecule has 1 aromatic rings. The van der Waals surface area contributed by atoms with E-state index in [-0.39, 0.29) is 17.7 Å². The topological polar surface area (TPSA) is 103 Å². The lowest BCUT2D eigenvalue weighted by Gasteiger charge is -2.37. The highest BCUT2D eigenvalue weighted by atomic mass is 16.5. The highest BCUT2D eigenvalue weighted by molar-refractivity contribution is 5.54. The fraction of sp³-hybridized carbons (Fsp3) is 0.737. The summed E-state index contributed by atoms with van der Waals surface area (Å²) in [5.41, 5.74) is 0.366. The van der Waals surface area contributed by atoms with Crippen molar-refractivity contribution in [3.05, 3.63) is 11.8 Å². The number of nitrogens with zero attached hydrogens (tertiary/aromatic N) is 3. The third kappa shape index (κ3) is 4.63. The number of nitrogens with one attached hydrogen (secondary N) is 2. The van der Waals surface area contributed by atoms with E-state index < -0.39 is 0 Å². The average molecular weight is 359 g/mol. The largest absolute Gasteiger partial charge is 0.393 e. The van der Waals surface area contributed by atoms with Crippen molar-refractivity contribution in [2.24, 2.45) is 0 Å². The van der Waals surface area contributed by atoms with Gasteiger partial charge in [0.1, 0.15) is 17.5 Å². The number of methoxy groups -OCH3 is 1. The van der Waals surface area contributed by atoms with E-state index in [2.05, 4.69) is 33.6 Å². The normalized spacial score (nSPS) is 31.8. The van der Waals surface area contributed by atoms with Crippen LogP contribution in [-0.2, 0) is 4.74 Å². The molecule has 0 amide bonds. The second-order valence-electron chi connectivity index (χ2n) is 7.85. The Morgan fingerprint density at radius 3 is 2.73 bits per heavy atom. The Hall–Kier alpha value is -1.91. The van der Waals surface area contributed by atoms with Gasteiger partial charge in [0.05, 0.1) is 18.4 Å². The van der Waals surface area contributed by atoms with Crippen LogP contribution in [0.4, 0.5) is 11.8 Å². The fourth-order valence-corrected chi connectivity index (χ4v) is 3.98. The molecule has 2 aliphatic rings. The van der Waals surface area contributed by atoms with Gasteiger partial charge in [0.2, 0.25) is 5.95 Å². The van der Waals surface area contributed by atoms with Gasteiger partial charge in [0, 0.05) is 18.7 Å². The second kappa shape index (κ2) is 8.19. The minimum absolute atomic E-state index is 0.0680. The predicted molar refractivity (Wildman–Crippen MR) is 99.9 cm³/mol. The first kappa shape index (κ1) is 18.9. The van der Waals surface area contributed by atoms with E-state index >= 15 is 0 Å². The summed E-state index contributed by atoms with van der Waals surface area (Å²) in [7, 11) is 1.77. The number of hydrogen-bond acceptors (Lipinski definition) is 7. The summed E-state index contributed by atoms with van der Waals surface area (Å²) in [6.45, 7) is 2.19. The van der Waals surface area contributed by atoms with Crippen molar-refractivity contribution in [1.29, 1.82) is 5.26 Å². The third-order valence-corrected chi connectivity index (χ3v) is 5.68. The van der Waals surface area contributed by atoms with Crippen molar-refractivity contribution < 1.29 is 9.84 Å². The van der Waals surface area contributed by atoms with Crippen LogP contribution in [0.1, 0.15) is 63.9 Å². The molecule has 2 atom stereocenters. The zero-order valence-electron chi connectivity index (χ0n) is 15.7. The first-order valence-electron chi connectivity index (χ1n) is 9.54. The Morgan fingerprint density at radius 2 is 2.08 bits per heavy atom. The molecule has 0 bridgehead atoms. The standard InChI is InChI=1S/C19H29N5O2/c1-19(8-6-16(26-2)7-9-19)24-18-21-12-13(11-20)17(23-18)22-14-4-3-5-15(25)10-14/h12,14-16,25H,3-10H2,1-2H3,(H2,21,22,23,24). The van der Waals surface area contributed by atoms with Crippen molar-refractivity contribution in [2.45, 2.75) is 82.1 Å². The molecule has 7 nitrogen and oxygen atoms in total. The molecule has 2 fully saturated rings. The van der Waals surface area contributed by atoms with E-state index in [9.17, 15) is 10.4 Å². The highest BCUT2D eigenvalue weighted by Crippen LogP contribution is 2.32. The van der Waals surface area contributed by atoms with E-state index in [0.29, 0.717) is 29.9 Å². The number of anilines is 2. The van der Waals surface area contributed by atoms with E-state index in [1.165, 1.54) is 0 Å². The summed E-state index contributed by atoms with van der Waals surface area (Å²) in [6.07, 6.45) is 9.14. The number of rotatable bonds is 5. The van der Waals surface area contributed by atoms with Gasteiger partial charge in [-0.2, -0.15) is 10.2 Å². The molecule has 0 aliphatic heterocycles. The molecule has 0 spiro atoms. The SMILES string of the molecule is COC1CCC(C)(Nc2ncc(C#N)c(NC3CCCC(O)C3)n2)CC1. The van der Waals surface area contributed by atoms with Crippen LogP contribution in [-0.4, -0.2) is 46.0 Å². The summed E-state index contributed by atoms with van der Waals surface area (Å²) in [5, 5.41) is 26.0. The molecule has 1 heterocycles. The van der Waals surface area contributed by atoms with Gasteiger partial charge < -0.3 is 20.5 Å². The van der Waals surface area contributed by atoms with Crippen molar-refractivity contribution in [1.82, 2.24) is 9.97 Å². The molecule has 0 aromatic carbocycles. The molecule has 0 radical (unpaired) electrons. The smallest absolute Gasteiger partial charge is 0.225 e. The lowest BCUT2D eigenvalue weighted by Crippen LogP contribution is -2.41. The molecule has 26 heavy (non-hydrogen) atoms. The number of nitriles is 1. The average Bonchev–Trinajstić information content (AvgIpc) is 2.62. The van der Waals surface area contributed by atoms with Crippen molar-refractivity contribution in [2.75, 3.05) is 17.7 Å².